The van der Waals surface area contributed by atoms with Gasteiger partial charge >= 0.3 is 0 Å². The van der Waals surface area contributed by atoms with Crippen LogP contribution in [0.5, 0.6) is 0 Å². The fraction of sp³-hybridized carbons (Fsp3) is 0.0144. The van der Waals surface area contributed by atoms with Crippen LogP contribution in [0.1, 0.15) is 23.7 Å². The third-order valence-corrected chi connectivity index (χ3v) is 28.8. The summed E-state index contributed by atoms with van der Waals surface area (Å²) >= 11 is 0. The van der Waals surface area contributed by atoms with Crippen LogP contribution >= 0.6 is 0 Å². The molecule has 0 aliphatic heterocycles. The third kappa shape index (κ3) is 17.1. The lowest BCUT2D eigenvalue weighted by atomic mass is 9.86. The summed E-state index contributed by atoms with van der Waals surface area (Å²) in [5, 5.41) is 23.3. The Labute approximate surface area is 851 Å². The SMILES string of the molecule is C1=CC(c2cccc(-c3ccc4c5ccccc5c5ccccc5c4c3)c2)CC(c2nc(-c3ccccc3)nc(-c3ccccc3)n2)=C1.c1ccc(-c2nc(-c3ccccc3)nc(-c3cccc(-c4ccc(-c5ccc6c7ccccc7c7ccccc7c6c5)cc4)c3)n2)cc1.c1ccc(-n2c(-c3cccc(-c4cccc(-c5ccc(-c6ccc7c8ccccc8c8ccccc8c7c6)cc5)c4)c3)nc3ccccc32)cc1. The van der Waals surface area contributed by atoms with E-state index < -0.39 is 0 Å². The molecule has 8 heteroatoms. The summed E-state index contributed by atoms with van der Waals surface area (Å²) in [4.78, 5) is 34.7. The number of rotatable bonds is 15. The van der Waals surface area contributed by atoms with Crippen molar-refractivity contribution in [2.24, 2.45) is 0 Å². The van der Waals surface area contributed by atoms with Crippen molar-refractivity contribution in [3.63, 3.8) is 0 Å². The molecule has 688 valence electrons. The monoisotopic (exact) mass is 1870 g/mol. The van der Waals surface area contributed by atoms with E-state index in [1.807, 2.05) is 103 Å². The zero-order valence-corrected chi connectivity index (χ0v) is 80.2. The lowest BCUT2D eigenvalue weighted by molar-refractivity contribution is 0.854. The van der Waals surface area contributed by atoms with Crippen LogP contribution in [0.3, 0.4) is 0 Å². The van der Waals surface area contributed by atoms with Crippen molar-refractivity contribution in [3.05, 3.63) is 551 Å². The van der Waals surface area contributed by atoms with E-state index in [1.165, 1.54) is 153 Å². The van der Waals surface area contributed by atoms with Gasteiger partial charge in [-0.2, -0.15) is 0 Å². The minimum atomic E-state index is 0.201. The van der Waals surface area contributed by atoms with E-state index in [0.717, 1.165) is 90.4 Å². The molecule has 28 rings (SSSR count). The highest BCUT2D eigenvalue weighted by Gasteiger charge is 2.24. The molecule has 0 amide bonds. The largest absolute Gasteiger partial charge is 0.292 e. The standard InChI is InChI=1S/C49H32N2.C45H31N3.C45H29N3/c1-2-16-40(17-3-1)51-48-23-9-8-22-47(48)50-49(51)39-15-11-14-37(31-39)36-13-10-12-35(30-36)33-24-26-34(27-25-33)38-28-29-45-43-20-5-4-18-41(43)42-19-6-7-21-44(42)46(45)32-38;1-3-13-30(14-4-1)43-46-44(31-15-5-2-6-16-31)48-45(47-43)36-20-12-19-34(28-36)32-17-11-18-33(27-32)35-25-26-41-39-23-8-7-21-37(39)38-22-9-10-24-40(38)42(41)29-35;1-3-12-32(13-4-1)43-46-44(33-14-5-2-6-15-33)48-45(47-43)36-17-11-16-34(28-36)30-22-24-31(25-23-30)35-26-27-41-39-20-8-7-18-37(39)38-19-9-10-21-40(38)42(41)29-35/h1-32H;1-27,29,34H,28H2;1-29H. The molecule has 0 radical (unpaired) electrons. The van der Waals surface area contributed by atoms with Crippen LogP contribution in [-0.4, -0.2) is 39.5 Å². The molecule has 0 N–H and O–H groups in total. The molecule has 1 atom stereocenters. The first-order valence-corrected chi connectivity index (χ1v) is 50.1. The molecular formula is C139H92N8. The predicted octanol–water partition coefficient (Wildman–Crippen LogP) is 36.3. The van der Waals surface area contributed by atoms with Crippen LogP contribution in [0.2, 0.25) is 0 Å². The van der Waals surface area contributed by atoms with E-state index in [0.29, 0.717) is 29.1 Å². The Kier molecular flexibility index (Phi) is 23.0. The summed E-state index contributed by atoms with van der Waals surface area (Å²) in [6.07, 6.45) is 7.40. The molecule has 1 aliphatic carbocycles. The van der Waals surface area contributed by atoms with Crippen molar-refractivity contribution in [2.75, 3.05) is 0 Å². The molecule has 8 nitrogen and oxygen atoms in total. The van der Waals surface area contributed by atoms with Gasteiger partial charge in [0.05, 0.1) is 11.0 Å². The number of fused-ring (bicyclic) bond motifs is 19. The van der Waals surface area contributed by atoms with Gasteiger partial charge < -0.3 is 0 Å². The lowest BCUT2D eigenvalue weighted by Gasteiger charge is -2.20. The van der Waals surface area contributed by atoms with Crippen LogP contribution in [0.15, 0.2) is 540 Å². The van der Waals surface area contributed by atoms with Gasteiger partial charge in [-0.15, -0.1) is 0 Å². The predicted molar refractivity (Wildman–Crippen MR) is 614 cm³/mol. The van der Waals surface area contributed by atoms with Crippen molar-refractivity contribution in [2.45, 2.75) is 12.3 Å². The Morgan fingerprint density at radius 1 is 0.170 bits per heavy atom. The molecule has 147 heavy (non-hydrogen) atoms. The minimum Gasteiger partial charge on any atom is -0.292 e. The highest BCUT2D eigenvalue weighted by atomic mass is 15.1. The van der Waals surface area contributed by atoms with Crippen LogP contribution in [-0.2, 0) is 0 Å². The van der Waals surface area contributed by atoms with Gasteiger partial charge in [0.25, 0.3) is 0 Å². The number of hydrogen-bond acceptors (Lipinski definition) is 7. The summed E-state index contributed by atoms with van der Waals surface area (Å²) < 4.78 is 2.26. The molecule has 3 heterocycles. The Balaban J connectivity index is 0.000000112. The van der Waals surface area contributed by atoms with Crippen LogP contribution in [0.25, 0.3) is 254 Å². The number of allylic oxidation sites excluding steroid dienone is 4. The van der Waals surface area contributed by atoms with E-state index in [9.17, 15) is 0 Å². The highest BCUT2D eigenvalue weighted by Crippen LogP contribution is 2.45. The summed E-state index contributed by atoms with van der Waals surface area (Å²) in [7, 11) is 0. The smallest absolute Gasteiger partial charge is 0.164 e. The van der Waals surface area contributed by atoms with Crippen molar-refractivity contribution < 1.29 is 0 Å². The van der Waals surface area contributed by atoms with Gasteiger partial charge in [0.1, 0.15) is 5.82 Å². The maximum Gasteiger partial charge on any atom is 0.164 e. The second-order valence-corrected chi connectivity index (χ2v) is 37.6. The molecule has 1 aliphatic rings. The van der Waals surface area contributed by atoms with Crippen molar-refractivity contribution in [3.8, 4) is 141 Å². The van der Waals surface area contributed by atoms with Gasteiger partial charge in [-0.25, -0.2) is 34.9 Å². The Morgan fingerprint density at radius 3 is 0.803 bits per heavy atom. The molecule has 0 spiro atoms. The van der Waals surface area contributed by atoms with Crippen LogP contribution in [0, 0.1) is 0 Å². The second kappa shape index (κ2) is 38.5. The minimum absolute atomic E-state index is 0.201. The number of imidazole rings is 1. The van der Waals surface area contributed by atoms with E-state index in [-0.39, 0.29) is 5.92 Å². The molecule has 0 saturated heterocycles. The van der Waals surface area contributed by atoms with Crippen molar-refractivity contribution in [1.82, 2.24) is 39.5 Å². The second-order valence-electron chi connectivity index (χ2n) is 37.6. The summed E-state index contributed by atoms with van der Waals surface area (Å²) in [5.74, 6) is 5.20. The van der Waals surface area contributed by atoms with Gasteiger partial charge in [0.15, 0.2) is 34.9 Å². The number of hydrogen-bond donors (Lipinski definition) is 0. The Morgan fingerprint density at radius 2 is 0.422 bits per heavy atom. The zero-order chi connectivity index (χ0) is 97.5. The fourth-order valence-electron chi connectivity index (χ4n) is 21.5. The van der Waals surface area contributed by atoms with Gasteiger partial charge in [-0.05, 0) is 242 Å². The first-order chi connectivity index (χ1) is 72.8. The molecule has 24 aromatic carbocycles. The molecule has 1 unspecified atom stereocenters. The maximum atomic E-state index is 5.10. The van der Waals surface area contributed by atoms with Gasteiger partial charge in [0.2, 0.25) is 0 Å². The number of para-hydroxylation sites is 3. The topological polar surface area (TPSA) is 95.2 Å². The lowest BCUT2D eigenvalue weighted by Crippen LogP contribution is -2.07. The molecule has 3 aromatic heterocycles. The van der Waals surface area contributed by atoms with Gasteiger partial charge in [0, 0.05) is 45.0 Å². The molecule has 27 aromatic rings. The highest BCUT2D eigenvalue weighted by molar-refractivity contribution is 6.28. The Hall–Kier alpha value is -19.4. The normalized spacial score (nSPS) is 12.4. The van der Waals surface area contributed by atoms with Gasteiger partial charge in [-0.1, -0.05) is 479 Å². The summed E-state index contributed by atoms with van der Waals surface area (Å²) in [6.45, 7) is 0. The molecule has 0 fully saturated rings. The number of aromatic nitrogens is 8. The molecular weight excluding hydrogens is 1780 g/mol. The first kappa shape index (κ1) is 87.8. The number of benzene rings is 24. The quantitative estimate of drug-likeness (QED) is 0.0944. The van der Waals surface area contributed by atoms with Crippen LogP contribution in [0.4, 0.5) is 0 Å². The molecule has 0 bridgehead atoms. The summed E-state index contributed by atoms with van der Waals surface area (Å²) in [6, 6.07) is 185. The average molecular weight is 1870 g/mol. The van der Waals surface area contributed by atoms with E-state index in [4.69, 9.17) is 34.9 Å². The van der Waals surface area contributed by atoms with Gasteiger partial charge in [-0.3, -0.25) is 4.57 Å². The average Bonchev–Trinajstić information content (AvgIpc) is 1.46. The zero-order valence-electron chi connectivity index (χ0n) is 80.2. The van der Waals surface area contributed by atoms with Crippen LogP contribution < -0.4 is 0 Å². The van der Waals surface area contributed by atoms with Crippen molar-refractivity contribution in [1.29, 1.82) is 0 Å². The maximum absolute atomic E-state index is 5.10. The first-order valence-electron chi connectivity index (χ1n) is 50.1. The van der Waals surface area contributed by atoms with E-state index >= 15 is 0 Å². The Bertz CT molecular complexity index is 9590. The van der Waals surface area contributed by atoms with E-state index in [1.54, 1.807) is 0 Å². The van der Waals surface area contributed by atoms with E-state index in [2.05, 4.69) is 441 Å². The number of nitrogens with zero attached hydrogens (tertiary/aromatic N) is 8. The van der Waals surface area contributed by atoms with Crippen molar-refractivity contribution >= 4 is 114 Å². The summed E-state index contributed by atoms with van der Waals surface area (Å²) in [5.41, 5.74) is 25.7. The molecule has 0 saturated carbocycles. The third-order valence-electron chi connectivity index (χ3n) is 28.8. The fourth-order valence-corrected chi connectivity index (χ4v) is 21.5.